The molecule has 4 rings (SSSR count). The fraction of sp³-hybridized carbons (Fsp3) is 0.429. The number of anilines is 1. The van der Waals surface area contributed by atoms with Gasteiger partial charge in [-0.1, -0.05) is 24.9 Å². The third kappa shape index (κ3) is 4.34. The lowest BCUT2D eigenvalue weighted by molar-refractivity contribution is -0.125. The Kier molecular flexibility index (Phi) is 5.94. The van der Waals surface area contributed by atoms with Crippen molar-refractivity contribution in [3.05, 3.63) is 41.4 Å². The maximum absolute atomic E-state index is 12.3. The molecular weight excluding hydrogens is 388 g/mol. The van der Waals surface area contributed by atoms with Crippen LogP contribution in [-0.4, -0.2) is 45.4 Å². The van der Waals surface area contributed by atoms with Crippen molar-refractivity contribution in [3.63, 3.8) is 0 Å². The van der Waals surface area contributed by atoms with Crippen LogP contribution in [0.4, 0.5) is 5.82 Å². The summed E-state index contributed by atoms with van der Waals surface area (Å²) in [5.41, 5.74) is 1.61. The van der Waals surface area contributed by atoms with Gasteiger partial charge in [-0.25, -0.2) is 0 Å². The summed E-state index contributed by atoms with van der Waals surface area (Å²) in [7, 11) is 0. The van der Waals surface area contributed by atoms with Crippen molar-refractivity contribution >= 4 is 29.0 Å². The van der Waals surface area contributed by atoms with Gasteiger partial charge in [0.05, 0.1) is 0 Å². The second-order valence-corrected chi connectivity index (χ2v) is 7.83. The van der Waals surface area contributed by atoms with Crippen LogP contribution in [-0.2, 0) is 4.79 Å². The molecule has 0 aliphatic carbocycles. The Bertz CT molecular complexity index is 979. The van der Waals surface area contributed by atoms with Crippen LogP contribution >= 0.6 is 11.6 Å². The van der Waals surface area contributed by atoms with Crippen LogP contribution in [0.2, 0.25) is 5.02 Å². The van der Waals surface area contributed by atoms with E-state index in [-0.39, 0.29) is 11.8 Å². The fourth-order valence-electron chi connectivity index (χ4n) is 3.63. The average molecular weight is 413 g/mol. The van der Waals surface area contributed by atoms with Gasteiger partial charge in [0.25, 0.3) is 0 Å². The molecule has 1 aromatic carbocycles. The second kappa shape index (κ2) is 8.78. The van der Waals surface area contributed by atoms with E-state index in [1.165, 1.54) is 0 Å². The Labute approximate surface area is 175 Å². The van der Waals surface area contributed by atoms with Crippen LogP contribution < -0.4 is 10.2 Å². The molecule has 152 valence electrons. The summed E-state index contributed by atoms with van der Waals surface area (Å²) < 4.78 is 1.77. The van der Waals surface area contributed by atoms with Crippen molar-refractivity contribution in [2.75, 3.05) is 24.5 Å². The lowest BCUT2D eigenvalue weighted by Crippen LogP contribution is -2.41. The van der Waals surface area contributed by atoms with Gasteiger partial charge >= 0.3 is 0 Å². The van der Waals surface area contributed by atoms with E-state index >= 15 is 0 Å². The summed E-state index contributed by atoms with van der Waals surface area (Å²) in [6.45, 7) is 4.52. The highest BCUT2D eigenvalue weighted by atomic mass is 35.5. The first kappa shape index (κ1) is 19.6. The molecule has 7 nitrogen and oxygen atoms in total. The topological polar surface area (TPSA) is 75.4 Å². The number of carbonyl (C=O) groups is 1. The minimum Gasteiger partial charge on any atom is -0.356 e. The van der Waals surface area contributed by atoms with Gasteiger partial charge in [-0.2, -0.15) is 4.52 Å². The van der Waals surface area contributed by atoms with E-state index in [0.717, 1.165) is 56.7 Å². The Morgan fingerprint density at radius 1 is 1.14 bits per heavy atom. The first-order chi connectivity index (χ1) is 14.2. The monoisotopic (exact) mass is 412 g/mol. The van der Waals surface area contributed by atoms with Gasteiger partial charge in [-0.15, -0.1) is 15.3 Å². The SMILES string of the molecule is CCCCNC(=O)C1CCN(c2ccc3nnc(-c4ccc(Cl)cc4)n3n2)CC1. The summed E-state index contributed by atoms with van der Waals surface area (Å²) in [4.78, 5) is 14.5. The van der Waals surface area contributed by atoms with Crippen LogP contribution in [0, 0.1) is 5.92 Å². The van der Waals surface area contributed by atoms with Crippen LogP contribution in [0.25, 0.3) is 17.0 Å². The molecule has 1 N–H and O–H groups in total. The summed E-state index contributed by atoms with van der Waals surface area (Å²) in [5.74, 6) is 1.83. The van der Waals surface area contributed by atoms with Gasteiger partial charge in [-0.3, -0.25) is 4.79 Å². The predicted molar refractivity (Wildman–Crippen MR) is 114 cm³/mol. The minimum atomic E-state index is 0.0892. The third-order valence-corrected chi connectivity index (χ3v) is 5.62. The van der Waals surface area contributed by atoms with Crippen molar-refractivity contribution in [2.24, 2.45) is 5.92 Å². The van der Waals surface area contributed by atoms with Gasteiger partial charge in [0.15, 0.2) is 11.5 Å². The van der Waals surface area contributed by atoms with Gasteiger partial charge in [0.1, 0.15) is 5.82 Å². The Hall–Kier alpha value is -2.67. The zero-order chi connectivity index (χ0) is 20.2. The Morgan fingerprint density at radius 3 is 2.62 bits per heavy atom. The highest BCUT2D eigenvalue weighted by Crippen LogP contribution is 2.24. The zero-order valence-electron chi connectivity index (χ0n) is 16.5. The molecule has 1 amide bonds. The molecule has 3 aromatic rings. The van der Waals surface area contributed by atoms with Crippen molar-refractivity contribution in [1.82, 2.24) is 25.1 Å². The van der Waals surface area contributed by atoms with Crippen molar-refractivity contribution < 1.29 is 4.79 Å². The summed E-state index contributed by atoms with van der Waals surface area (Å²) in [5, 5.41) is 17.0. The number of unbranched alkanes of at least 4 members (excludes halogenated alkanes) is 1. The molecule has 0 bridgehead atoms. The number of amides is 1. The van der Waals surface area contributed by atoms with Gasteiger partial charge < -0.3 is 10.2 Å². The van der Waals surface area contributed by atoms with E-state index in [1.807, 2.05) is 36.4 Å². The number of hydrogen-bond donors (Lipinski definition) is 1. The van der Waals surface area contributed by atoms with E-state index in [4.69, 9.17) is 16.7 Å². The molecule has 0 saturated carbocycles. The molecule has 0 radical (unpaired) electrons. The van der Waals surface area contributed by atoms with E-state index < -0.39 is 0 Å². The first-order valence-electron chi connectivity index (χ1n) is 10.2. The van der Waals surface area contributed by atoms with Gasteiger partial charge in [0, 0.05) is 36.1 Å². The van der Waals surface area contributed by atoms with Crippen LogP contribution in [0.5, 0.6) is 0 Å². The van der Waals surface area contributed by atoms with Gasteiger partial charge in [0.2, 0.25) is 5.91 Å². The number of rotatable bonds is 6. The molecule has 1 aliphatic rings. The molecule has 29 heavy (non-hydrogen) atoms. The second-order valence-electron chi connectivity index (χ2n) is 7.40. The Morgan fingerprint density at radius 2 is 1.90 bits per heavy atom. The van der Waals surface area contributed by atoms with Crippen molar-refractivity contribution in [2.45, 2.75) is 32.6 Å². The Balaban J connectivity index is 1.47. The smallest absolute Gasteiger partial charge is 0.223 e. The number of piperidine rings is 1. The number of benzene rings is 1. The maximum atomic E-state index is 12.3. The molecule has 2 aromatic heterocycles. The standard InChI is InChI=1S/C21H25ClN6O/c1-2-3-12-23-21(29)16-10-13-27(14-11-16)19-9-8-18-24-25-20(28(18)26-19)15-4-6-17(22)7-5-15/h4-9,16H,2-3,10-14H2,1H3,(H,23,29). The zero-order valence-corrected chi connectivity index (χ0v) is 17.3. The maximum Gasteiger partial charge on any atom is 0.223 e. The van der Waals surface area contributed by atoms with E-state index in [9.17, 15) is 4.79 Å². The quantitative estimate of drug-likeness (QED) is 0.626. The number of halogens is 1. The molecule has 0 atom stereocenters. The number of hydrogen-bond acceptors (Lipinski definition) is 5. The molecular formula is C21H25ClN6O. The number of aromatic nitrogens is 4. The first-order valence-corrected chi connectivity index (χ1v) is 10.5. The van der Waals surface area contributed by atoms with E-state index in [0.29, 0.717) is 16.5 Å². The average Bonchev–Trinajstić information content (AvgIpc) is 3.18. The summed E-state index contributed by atoms with van der Waals surface area (Å²) in [6, 6.07) is 11.4. The highest BCUT2D eigenvalue weighted by Gasteiger charge is 2.25. The molecule has 1 fully saturated rings. The highest BCUT2D eigenvalue weighted by molar-refractivity contribution is 6.30. The van der Waals surface area contributed by atoms with Crippen molar-refractivity contribution in [1.29, 1.82) is 0 Å². The molecule has 3 heterocycles. The van der Waals surface area contributed by atoms with E-state index in [2.05, 4.69) is 27.3 Å². The molecule has 8 heteroatoms. The fourth-order valence-corrected chi connectivity index (χ4v) is 3.76. The van der Waals surface area contributed by atoms with Crippen LogP contribution in [0.1, 0.15) is 32.6 Å². The lowest BCUT2D eigenvalue weighted by atomic mass is 9.96. The normalized spacial score (nSPS) is 15.0. The molecule has 1 saturated heterocycles. The number of fused-ring (bicyclic) bond motifs is 1. The van der Waals surface area contributed by atoms with Gasteiger partial charge in [-0.05, 0) is 55.7 Å². The molecule has 1 aliphatic heterocycles. The largest absolute Gasteiger partial charge is 0.356 e. The molecule has 0 spiro atoms. The lowest BCUT2D eigenvalue weighted by Gasteiger charge is -2.32. The number of carbonyl (C=O) groups excluding carboxylic acids is 1. The summed E-state index contributed by atoms with van der Waals surface area (Å²) in [6.07, 6.45) is 3.80. The van der Waals surface area contributed by atoms with E-state index in [1.54, 1.807) is 4.52 Å². The number of nitrogens with zero attached hydrogens (tertiary/aromatic N) is 5. The third-order valence-electron chi connectivity index (χ3n) is 5.37. The van der Waals surface area contributed by atoms with Crippen molar-refractivity contribution in [3.8, 4) is 11.4 Å². The predicted octanol–water partition coefficient (Wildman–Crippen LogP) is 3.58. The molecule has 0 unspecified atom stereocenters. The van der Waals surface area contributed by atoms with Crippen LogP contribution in [0.15, 0.2) is 36.4 Å². The number of nitrogens with one attached hydrogen (secondary N) is 1. The summed E-state index contributed by atoms with van der Waals surface area (Å²) >= 11 is 5.99. The minimum absolute atomic E-state index is 0.0892. The van der Waals surface area contributed by atoms with Crippen LogP contribution in [0.3, 0.4) is 0 Å².